The summed E-state index contributed by atoms with van der Waals surface area (Å²) < 4.78 is 2.94. The van der Waals surface area contributed by atoms with Crippen LogP contribution in [-0.4, -0.2) is 28.5 Å². The zero-order chi connectivity index (χ0) is 16.8. The maximum Gasteiger partial charge on any atom is 0.264 e. The van der Waals surface area contributed by atoms with E-state index in [4.69, 9.17) is 0 Å². The van der Waals surface area contributed by atoms with Gasteiger partial charge in [-0.05, 0) is 56.3 Å². The molecular formula is C18H18BrN3O. The molecule has 0 aliphatic heterocycles. The molecular weight excluding hydrogens is 354 g/mol. The van der Waals surface area contributed by atoms with Gasteiger partial charge in [0.25, 0.3) is 5.91 Å². The van der Waals surface area contributed by atoms with Gasteiger partial charge in [0.2, 0.25) is 0 Å². The van der Waals surface area contributed by atoms with Crippen LogP contribution in [0.25, 0.3) is 11.8 Å². The summed E-state index contributed by atoms with van der Waals surface area (Å²) in [5, 5.41) is 9.35. The molecule has 2 rings (SSSR count). The molecule has 1 aromatic carbocycles. The summed E-state index contributed by atoms with van der Waals surface area (Å²) in [5.74, 6) is -0.235. The van der Waals surface area contributed by atoms with Crippen molar-refractivity contribution in [3.8, 4) is 11.8 Å². The van der Waals surface area contributed by atoms with Crippen molar-refractivity contribution in [2.45, 2.75) is 13.8 Å². The largest absolute Gasteiger partial charge is 0.339 e. The number of carbonyl (C=O) groups excluding carboxylic acids is 1. The molecule has 4 nitrogen and oxygen atoms in total. The highest BCUT2D eigenvalue weighted by Gasteiger charge is 2.16. The Morgan fingerprint density at radius 1 is 1.26 bits per heavy atom. The maximum absolute atomic E-state index is 12.4. The van der Waals surface area contributed by atoms with E-state index in [1.54, 1.807) is 11.0 Å². The Kier molecular flexibility index (Phi) is 5.78. The number of likely N-dealkylation sites (N-methyl/N-ethyl adjacent to an activating group) is 1. The van der Waals surface area contributed by atoms with Crippen LogP contribution in [0.3, 0.4) is 0 Å². The van der Waals surface area contributed by atoms with E-state index in [0.29, 0.717) is 13.1 Å². The number of benzene rings is 1. The highest BCUT2D eigenvalue weighted by Crippen LogP contribution is 2.18. The van der Waals surface area contributed by atoms with Gasteiger partial charge in [-0.2, -0.15) is 5.26 Å². The lowest BCUT2D eigenvalue weighted by atomic mass is 10.2. The molecule has 0 fully saturated rings. The van der Waals surface area contributed by atoms with Crippen molar-refractivity contribution in [1.29, 1.82) is 5.26 Å². The highest BCUT2D eigenvalue weighted by atomic mass is 79.9. The second-order valence-corrected chi connectivity index (χ2v) is 5.84. The topological polar surface area (TPSA) is 49.0 Å². The minimum absolute atomic E-state index is 0.144. The second-order valence-electron chi connectivity index (χ2n) is 4.93. The van der Waals surface area contributed by atoms with Gasteiger partial charge in [0.05, 0.1) is 0 Å². The van der Waals surface area contributed by atoms with Gasteiger partial charge >= 0.3 is 0 Å². The third-order valence-corrected chi connectivity index (χ3v) is 4.11. The molecule has 0 saturated carbocycles. The fraction of sp³-hybridized carbons (Fsp3) is 0.222. The first-order chi connectivity index (χ1) is 11.1. The molecule has 23 heavy (non-hydrogen) atoms. The summed E-state index contributed by atoms with van der Waals surface area (Å²) in [6, 6.07) is 13.7. The normalized spacial score (nSPS) is 11.1. The summed E-state index contributed by atoms with van der Waals surface area (Å²) in [7, 11) is 0. The number of amides is 1. The van der Waals surface area contributed by atoms with E-state index >= 15 is 0 Å². The zero-order valence-corrected chi connectivity index (χ0v) is 14.7. The van der Waals surface area contributed by atoms with Crippen LogP contribution in [0.4, 0.5) is 0 Å². The third kappa shape index (κ3) is 3.91. The molecule has 0 spiro atoms. The fourth-order valence-corrected chi connectivity index (χ4v) is 2.58. The molecule has 0 N–H and O–H groups in total. The number of halogens is 1. The molecule has 0 aliphatic carbocycles. The van der Waals surface area contributed by atoms with Gasteiger partial charge in [-0.15, -0.1) is 0 Å². The van der Waals surface area contributed by atoms with E-state index in [0.717, 1.165) is 15.9 Å². The molecule has 0 unspecified atom stereocenters. The van der Waals surface area contributed by atoms with Crippen LogP contribution in [0.5, 0.6) is 0 Å². The maximum atomic E-state index is 12.4. The lowest BCUT2D eigenvalue weighted by molar-refractivity contribution is -0.126. The van der Waals surface area contributed by atoms with Crippen LogP contribution < -0.4 is 0 Å². The van der Waals surface area contributed by atoms with E-state index in [1.165, 1.54) is 0 Å². The Hall–Kier alpha value is -2.32. The smallest absolute Gasteiger partial charge is 0.264 e. The van der Waals surface area contributed by atoms with Gasteiger partial charge in [0.15, 0.2) is 0 Å². The number of nitrogens with zero attached hydrogens (tertiary/aromatic N) is 3. The molecule has 0 saturated heterocycles. The van der Waals surface area contributed by atoms with Crippen molar-refractivity contribution in [2.75, 3.05) is 13.1 Å². The summed E-state index contributed by atoms with van der Waals surface area (Å²) >= 11 is 3.42. The number of nitriles is 1. The molecule has 0 bridgehead atoms. The van der Waals surface area contributed by atoms with Crippen LogP contribution in [0.1, 0.15) is 19.5 Å². The van der Waals surface area contributed by atoms with Crippen molar-refractivity contribution >= 4 is 27.9 Å². The molecule has 5 heteroatoms. The summed E-state index contributed by atoms with van der Waals surface area (Å²) in [6.07, 6.45) is 3.55. The van der Waals surface area contributed by atoms with Crippen LogP contribution in [0.2, 0.25) is 0 Å². The molecule has 2 aromatic rings. The van der Waals surface area contributed by atoms with Crippen molar-refractivity contribution < 1.29 is 4.79 Å². The quantitative estimate of drug-likeness (QED) is 0.588. The lowest BCUT2D eigenvalue weighted by Gasteiger charge is -2.17. The first-order valence-corrected chi connectivity index (χ1v) is 8.24. The van der Waals surface area contributed by atoms with Gasteiger partial charge in [-0.1, -0.05) is 15.9 Å². The SMILES string of the molecule is CCN(CC)C(=O)/C(C#N)=C\c1cccn1-c1ccc(Br)cc1. The predicted octanol–water partition coefficient (Wildman–Crippen LogP) is 4.02. The summed E-state index contributed by atoms with van der Waals surface area (Å²) in [5.41, 5.74) is 1.91. The summed E-state index contributed by atoms with van der Waals surface area (Å²) in [4.78, 5) is 14.0. The van der Waals surface area contributed by atoms with Gasteiger partial charge < -0.3 is 9.47 Å². The minimum Gasteiger partial charge on any atom is -0.339 e. The Balaban J connectivity index is 2.39. The average Bonchev–Trinajstić information content (AvgIpc) is 3.02. The predicted molar refractivity (Wildman–Crippen MR) is 95.0 cm³/mol. The first kappa shape index (κ1) is 17.0. The van der Waals surface area contributed by atoms with Crippen LogP contribution in [0.15, 0.2) is 52.6 Å². The minimum atomic E-state index is -0.235. The van der Waals surface area contributed by atoms with E-state index in [2.05, 4.69) is 15.9 Å². The summed E-state index contributed by atoms with van der Waals surface area (Å²) in [6.45, 7) is 4.98. The van der Waals surface area contributed by atoms with Crippen LogP contribution in [0, 0.1) is 11.3 Å². The molecule has 118 valence electrons. The van der Waals surface area contributed by atoms with Crippen molar-refractivity contribution in [3.63, 3.8) is 0 Å². The van der Waals surface area contributed by atoms with E-state index in [-0.39, 0.29) is 11.5 Å². The van der Waals surface area contributed by atoms with Crippen molar-refractivity contribution in [1.82, 2.24) is 9.47 Å². The Bertz CT molecular complexity index is 749. The highest BCUT2D eigenvalue weighted by molar-refractivity contribution is 9.10. The molecule has 0 atom stereocenters. The zero-order valence-electron chi connectivity index (χ0n) is 13.2. The number of hydrogen-bond acceptors (Lipinski definition) is 2. The standard InChI is InChI=1S/C18H18BrN3O/c1-3-21(4-2)18(23)14(13-20)12-17-6-5-11-22(17)16-9-7-15(19)8-10-16/h5-12H,3-4H2,1-2H3/b14-12-. The molecule has 1 amide bonds. The van der Waals surface area contributed by atoms with Gasteiger partial charge in [0, 0.05) is 35.1 Å². The van der Waals surface area contributed by atoms with Crippen molar-refractivity contribution in [3.05, 3.63) is 58.3 Å². The molecule has 1 heterocycles. The number of carbonyl (C=O) groups is 1. The van der Waals surface area contributed by atoms with Crippen molar-refractivity contribution in [2.24, 2.45) is 0 Å². The van der Waals surface area contributed by atoms with E-state index in [9.17, 15) is 10.1 Å². The first-order valence-electron chi connectivity index (χ1n) is 7.45. The molecule has 1 aromatic heterocycles. The van der Waals surface area contributed by atoms with Crippen LogP contribution >= 0.6 is 15.9 Å². The van der Waals surface area contributed by atoms with Gasteiger partial charge in [-0.3, -0.25) is 4.79 Å². The average molecular weight is 372 g/mol. The Labute approximate surface area is 144 Å². The Morgan fingerprint density at radius 2 is 1.91 bits per heavy atom. The number of rotatable bonds is 5. The monoisotopic (exact) mass is 371 g/mol. The van der Waals surface area contributed by atoms with Gasteiger partial charge in [-0.25, -0.2) is 0 Å². The second kappa shape index (κ2) is 7.80. The van der Waals surface area contributed by atoms with Crippen LogP contribution in [-0.2, 0) is 4.79 Å². The van der Waals surface area contributed by atoms with Gasteiger partial charge in [0.1, 0.15) is 11.6 Å². The lowest BCUT2D eigenvalue weighted by Crippen LogP contribution is -2.31. The van der Waals surface area contributed by atoms with E-state index < -0.39 is 0 Å². The third-order valence-electron chi connectivity index (χ3n) is 3.58. The number of hydrogen-bond donors (Lipinski definition) is 0. The molecule has 0 radical (unpaired) electrons. The van der Waals surface area contributed by atoms with E-state index in [1.807, 2.05) is 67.1 Å². The fourth-order valence-electron chi connectivity index (χ4n) is 2.32. The molecule has 0 aliphatic rings. The number of aromatic nitrogens is 1. The Morgan fingerprint density at radius 3 is 2.48 bits per heavy atom.